The van der Waals surface area contributed by atoms with Gasteiger partial charge in [-0.2, -0.15) is 0 Å². The van der Waals surface area contributed by atoms with Gasteiger partial charge in [0.05, 0.1) is 11.6 Å². The molecule has 21 heavy (non-hydrogen) atoms. The maximum absolute atomic E-state index is 13.1. The number of ether oxygens (including phenoxy) is 1. The van der Waals surface area contributed by atoms with Crippen molar-refractivity contribution in [2.75, 3.05) is 11.9 Å². The Morgan fingerprint density at radius 2 is 2.29 bits per heavy atom. The lowest BCUT2D eigenvalue weighted by Gasteiger charge is -2.03. The molecule has 7 heteroatoms. The Balaban J connectivity index is 2.05. The van der Waals surface area contributed by atoms with Crippen LogP contribution in [0.2, 0.25) is 5.02 Å². The van der Waals surface area contributed by atoms with Crippen LogP contribution in [0.15, 0.2) is 18.2 Å². The molecule has 0 aliphatic carbocycles. The summed E-state index contributed by atoms with van der Waals surface area (Å²) < 4.78 is 18.0. The summed E-state index contributed by atoms with van der Waals surface area (Å²) >= 11 is 7.09. The van der Waals surface area contributed by atoms with Gasteiger partial charge in [0.2, 0.25) is 0 Å². The van der Waals surface area contributed by atoms with E-state index in [4.69, 9.17) is 16.3 Å². The monoisotopic (exact) mass is 328 g/mol. The second kappa shape index (κ2) is 6.87. The van der Waals surface area contributed by atoms with Crippen LogP contribution in [0.3, 0.4) is 0 Å². The molecule has 0 aliphatic heterocycles. The van der Waals surface area contributed by atoms with Gasteiger partial charge in [0.25, 0.3) is 0 Å². The van der Waals surface area contributed by atoms with Gasteiger partial charge in [-0.05, 0) is 31.5 Å². The molecule has 4 nitrogen and oxygen atoms in total. The number of hydrogen-bond acceptors (Lipinski definition) is 5. The SMILES string of the molecule is CCOC(=O)c1nc(NCc2ccc(F)c(Cl)c2)sc1C. The smallest absolute Gasteiger partial charge is 0.358 e. The van der Waals surface area contributed by atoms with Crippen molar-refractivity contribution in [1.82, 2.24) is 4.98 Å². The molecular weight excluding hydrogens is 315 g/mol. The first-order valence-electron chi connectivity index (χ1n) is 6.33. The summed E-state index contributed by atoms with van der Waals surface area (Å²) in [6.07, 6.45) is 0. The highest BCUT2D eigenvalue weighted by Gasteiger charge is 2.16. The third-order valence-electron chi connectivity index (χ3n) is 2.69. The first kappa shape index (κ1) is 15.7. The number of thiazole rings is 1. The Morgan fingerprint density at radius 1 is 1.52 bits per heavy atom. The predicted octanol–water partition coefficient (Wildman–Crippen LogP) is 4.03. The molecule has 0 saturated heterocycles. The summed E-state index contributed by atoms with van der Waals surface area (Å²) in [6, 6.07) is 4.51. The van der Waals surface area contributed by atoms with E-state index in [1.807, 2.05) is 6.92 Å². The largest absolute Gasteiger partial charge is 0.461 e. The summed E-state index contributed by atoms with van der Waals surface area (Å²) in [5.74, 6) is -0.876. The zero-order chi connectivity index (χ0) is 15.4. The maximum Gasteiger partial charge on any atom is 0.358 e. The van der Waals surface area contributed by atoms with Crippen molar-refractivity contribution in [3.63, 3.8) is 0 Å². The van der Waals surface area contributed by atoms with E-state index in [-0.39, 0.29) is 5.02 Å². The van der Waals surface area contributed by atoms with E-state index in [1.54, 1.807) is 19.1 Å². The van der Waals surface area contributed by atoms with Crippen LogP contribution in [0.25, 0.3) is 0 Å². The minimum Gasteiger partial charge on any atom is -0.461 e. The summed E-state index contributed by atoms with van der Waals surface area (Å²) in [6.45, 7) is 4.31. The fourth-order valence-corrected chi connectivity index (χ4v) is 2.69. The molecular formula is C14H14ClFN2O2S. The first-order valence-corrected chi connectivity index (χ1v) is 7.53. The van der Waals surface area contributed by atoms with Gasteiger partial charge in [0, 0.05) is 11.4 Å². The van der Waals surface area contributed by atoms with Gasteiger partial charge in [-0.1, -0.05) is 17.7 Å². The van der Waals surface area contributed by atoms with Gasteiger partial charge in [-0.15, -0.1) is 11.3 Å². The average molecular weight is 329 g/mol. The molecule has 0 saturated carbocycles. The summed E-state index contributed by atoms with van der Waals surface area (Å²) in [5.41, 5.74) is 1.15. The second-order valence-electron chi connectivity index (χ2n) is 4.25. The minimum absolute atomic E-state index is 0.0804. The third-order valence-corrected chi connectivity index (χ3v) is 3.91. The molecule has 0 aliphatic rings. The molecule has 0 atom stereocenters. The van der Waals surface area contributed by atoms with Crippen molar-refractivity contribution in [2.24, 2.45) is 0 Å². The molecule has 0 radical (unpaired) electrons. The first-order chi connectivity index (χ1) is 10.0. The Labute approximate surface area is 130 Å². The number of aromatic nitrogens is 1. The summed E-state index contributed by atoms with van der Waals surface area (Å²) in [7, 11) is 0. The lowest BCUT2D eigenvalue weighted by Crippen LogP contribution is -2.07. The standard InChI is InChI=1S/C14H14ClFN2O2S/c1-3-20-13(19)12-8(2)21-14(18-12)17-7-9-4-5-11(16)10(15)6-9/h4-6H,3,7H2,1-2H3,(H,17,18). The lowest BCUT2D eigenvalue weighted by atomic mass is 10.2. The number of hydrogen-bond donors (Lipinski definition) is 1. The summed E-state index contributed by atoms with van der Waals surface area (Å²) in [4.78, 5) is 16.7. The van der Waals surface area contributed by atoms with Crippen LogP contribution in [-0.2, 0) is 11.3 Å². The topological polar surface area (TPSA) is 51.2 Å². The molecule has 0 spiro atoms. The number of nitrogens with one attached hydrogen (secondary N) is 1. The molecule has 2 rings (SSSR count). The molecule has 1 aromatic heterocycles. The molecule has 0 fully saturated rings. The van der Waals surface area contributed by atoms with Crippen LogP contribution < -0.4 is 5.32 Å². The minimum atomic E-state index is -0.449. The van der Waals surface area contributed by atoms with Crippen LogP contribution in [0.1, 0.15) is 27.9 Å². The van der Waals surface area contributed by atoms with Gasteiger partial charge < -0.3 is 10.1 Å². The van der Waals surface area contributed by atoms with Crippen LogP contribution in [0.4, 0.5) is 9.52 Å². The zero-order valence-electron chi connectivity index (χ0n) is 11.6. The fourth-order valence-electron chi connectivity index (χ4n) is 1.69. The maximum atomic E-state index is 13.1. The van der Waals surface area contributed by atoms with E-state index in [1.165, 1.54) is 17.4 Å². The van der Waals surface area contributed by atoms with Gasteiger partial charge in [-0.25, -0.2) is 14.2 Å². The highest BCUT2D eigenvalue weighted by atomic mass is 35.5. The van der Waals surface area contributed by atoms with Crippen molar-refractivity contribution in [1.29, 1.82) is 0 Å². The van der Waals surface area contributed by atoms with Gasteiger partial charge in [0.15, 0.2) is 10.8 Å². The predicted molar refractivity (Wildman–Crippen MR) is 81.5 cm³/mol. The van der Waals surface area contributed by atoms with E-state index >= 15 is 0 Å². The van der Waals surface area contributed by atoms with E-state index in [0.717, 1.165) is 10.4 Å². The normalized spacial score (nSPS) is 10.5. The van der Waals surface area contributed by atoms with Gasteiger partial charge >= 0.3 is 5.97 Å². The molecule has 2 aromatic rings. The van der Waals surface area contributed by atoms with E-state index < -0.39 is 11.8 Å². The van der Waals surface area contributed by atoms with Gasteiger partial charge in [-0.3, -0.25) is 0 Å². The Morgan fingerprint density at radius 3 is 2.95 bits per heavy atom. The molecule has 0 bridgehead atoms. The fraction of sp³-hybridized carbons (Fsp3) is 0.286. The van der Waals surface area contributed by atoms with Crippen LogP contribution in [0, 0.1) is 12.7 Å². The van der Waals surface area contributed by atoms with Gasteiger partial charge in [0.1, 0.15) is 5.82 Å². The number of esters is 1. The van der Waals surface area contributed by atoms with Crippen LogP contribution in [-0.4, -0.2) is 17.6 Å². The second-order valence-corrected chi connectivity index (χ2v) is 5.86. The van der Waals surface area contributed by atoms with E-state index in [0.29, 0.717) is 24.0 Å². The van der Waals surface area contributed by atoms with Crippen molar-refractivity contribution in [3.8, 4) is 0 Å². The highest BCUT2D eigenvalue weighted by molar-refractivity contribution is 7.15. The number of nitrogens with zero attached hydrogens (tertiary/aromatic N) is 1. The Bertz CT molecular complexity index is 660. The van der Waals surface area contributed by atoms with Crippen molar-refractivity contribution < 1.29 is 13.9 Å². The molecule has 1 aromatic carbocycles. The summed E-state index contributed by atoms with van der Waals surface area (Å²) in [5, 5.41) is 3.77. The number of halogens is 2. The lowest BCUT2D eigenvalue weighted by molar-refractivity contribution is 0.0519. The highest BCUT2D eigenvalue weighted by Crippen LogP contribution is 2.24. The third kappa shape index (κ3) is 3.92. The van der Waals surface area contributed by atoms with Crippen molar-refractivity contribution in [2.45, 2.75) is 20.4 Å². The van der Waals surface area contributed by atoms with E-state index in [9.17, 15) is 9.18 Å². The number of carbonyl (C=O) groups is 1. The quantitative estimate of drug-likeness (QED) is 0.842. The number of rotatable bonds is 5. The molecule has 0 unspecified atom stereocenters. The average Bonchev–Trinajstić information content (AvgIpc) is 2.82. The molecule has 1 N–H and O–H groups in total. The Hall–Kier alpha value is -1.66. The molecule has 112 valence electrons. The van der Waals surface area contributed by atoms with Crippen molar-refractivity contribution >= 4 is 34.0 Å². The molecule has 1 heterocycles. The van der Waals surface area contributed by atoms with Crippen molar-refractivity contribution in [3.05, 3.63) is 45.2 Å². The number of aryl methyl sites for hydroxylation is 1. The number of carbonyl (C=O) groups excluding carboxylic acids is 1. The molecule has 0 amide bonds. The van der Waals surface area contributed by atoms with Crippen LogP contribution >= 0.6 is 22.9 Å². The number of benzene rings is 1. The zero-order valence-corrected chi connectivity index (χ0v) is 13.1. The van der Waals surface area contributed by atoms with E-state index in [2.05, 4.69) is 10.3 Å². The number of anilines is 1. The Kier molecular flexibility index (Phi) is 5.14. The van der Waals surface area contributed by atoms with Crippen LogP contribution in [0.5, 0.6) is 0 Å².